The van der Waals surface area contributed by atoms with Crippen molar-refractivity contribution >= 4 is 33.4 Å². The molecule has 0 radical (unpaired) electrons. The molecule has 0 aliphatic heterocycles. The van der Waals surface area contributed by atoms with Gasteiger partial charge in [0.2, 0.25) is 0 Å². The summed E-state index contributed by atoms with van der Waals surface area (Å²) in [7, 11) is 0. The molecular weight excluding hydrogens is 304 g/mol. The van der Waals surface area contributed by atoms with Crippen LogP contribution in [0.3, 0.4) is 0 Å². The third-order valence-corrected chi connectivity index (χ3v) is 7.06. The average molecular weight is 316 g/mol. The van der Waals surface area contributed by atoms with Crippen molar-refractivity contribution in [2.45, 2.75) is 12.8 Å². The lowest BCUT2D eigenvalue weighted by Gasteiger charge is -2.24. The van der Waals surface area contributed by atoms with Gasteiger partial charge in [-0.25, -0.2) is 0 Å². The Balaban J connectivity index is 1.84. The molecule has 0 amide bonds. The first-order valence-electron chi connectivity index (χ1n) is 7.61. The fourth-order valence-electron chi connectivity index (χ4n) is 4.14. The zero-order chi connectivity index (χ0) is 14.3. The normalized spacial score (nSPS) is 14.0. The van der Waals surface area contributed by atoms with Crippen LogP contribution in [0.4, 0.5) is 0 Å². The topological polar surface area (TPSA) is 0 Å². The number of hydrogen-bond donors (Lipinski definition) is 0. The van der Waals surface area contributed by atoms with Gasteiger partial charge in [0.15, 0.2) is 0 Å². The van der Waals surface area contributed by atoms with Gasteiger partial charge in [-0.15, -0.1) is 22.7 Å². The maximum Gasteiger partial charge on any atom is 0.0384 e. The van der Waals surface area contributed by atoms with E-state index in [-0.39, 0.29) is 0 Å². The summed E-state index contributed by atoms with van der Waals surface area (Å²) < 4.78 is 0. The Hall–Kier alpha value is -1.90. The molecule has 2 aromatic heterocycles. The van der Waals surface area contributed by atoms with E-state index in [1.54, 1.807) is 0 Å². The van der Waals surface area contributed by atoms with Crippen molar-refractivity contribution < 1.29 is 0 Å². The third-order valence-electron chi connectivity index (χ3n) is 5.08. The summed E-state index contributed by atoms with van der Waals surface area (Å²) >= 11 is 3.78. The van der Waals surface area contributed by atoms with E-state index in [0.29, 0.717) is 0 Å². The second kappa shape index (κ2) is 3.89. The smallest absolute Gasteiger partial charge is 0.0384 e. The number of thiophene rings is 2. The second-order valence-electron chi connectivity index (χ2n) is 6.20. The summed E-state index contributed by atoms with van der Waals surface area (Å²) in [5.41, 5.74) is 8.89. The fraction of sp³-hybridized carbons (Fsp3) is 0.100. The Labute approximate surface area is 136 Å². The summed E-state index contributed by atoms with van der Waals surface area (Å²) in [4.78, 5) is 2.96. The van der Waals surface area contributed by atoms with Crippen LogP contribution in [-0.4, -0.2) is 0 Å². The van der Waals surface area contributed by atoms with Gasteiger partial charge in [-0.3, -0.25) is 0 Å². The van der Waals surface area contributed by atoms with Crippen LogP contribution in [0.1, 0.15) is 22.3 Å². The van der Waals surface area contributed by atoms with Crippen LogP contribution in [0.15, 0.2) is 47.2 Å². The van der Waals surface area contributed by atoms with E-state index in [2.05, 4.69) is 47.2 Å². The lowest BCUT2D eigenvalue weighted by Crippen LogP contribution is -2.04. The molecular formula is C20H12S2. The van der Waals surface area contributed by atoms with Crippen LogP contribution in [0.5, 0.6) is 0 Å². The average Bonchev–Trinajstić information content (AvgIpc) is 3.19. The molecule has 2 heterocycles. The van der Waals surface area contributed by atoms with Crippen LogP contribution < -0.4 is 0 Å². The van der Waals surface area contributed by atoms with Crippen LogP contribution in [0, 0.1) is 0 Å². The predicted octanol–water partition coefficient (Wildman–Crippen LogP) is 6.11. The van der Waals surface area contributed by atoms with Gasteiger partial charge in [-0.05, 0) is 68.8 Å². The summed E-state index contributed by atoms with van der Waals surface area (Å²) in [6.07, 6.45) is 2.17. The van der Waals surface area contributed by atoms with Crippen LogP contribution in [0.25, 0.3) is 31.7 Å². The highest BCUT2D eigenvalue weighted by Crippen LogP contribution is 2.49. The number of hydrogen-bond acceptors (Lipinski definition) is 2. The summed E-state index contributed by atoms with van der Waals surface area (Å²) in [6, 6.07) is 14.0. The van der Waals surface area contributed by atoms with Gasteiger partial charge in [0, 0.05) is 20.9 Å². The first-order chi connectivity index (χ1) is 10.9. The molecule has 0 unspecified atom stereocenters. The lowest BCUT2D eigenvalue weighted by atomic mass is 9.81. The van der Waals surface area contributed by atoms with Gasteiger partial charge in [0.25, 0.3) is 0 Å². The maximum absolute atomic E-state index is 2.36. The standard InChI is InChI=1S/C20H12S2/c1-3-15-18-12(10-14-6-8-21-19(14)15)2-4-16-17(18)11(1)9-13-5-7-22-20(13)16/h1-8H,9-10H2. The van der Waals surface area contributed by atoms with E-state index in [1.165, 1.54) is 53.9 Å². The lowest BCUT2D eigenvalue weighted by molar-refractivity contribution is 1.19. The molecule has 0 saturated heterocycles. The van der Waals surface area contributed by atoms with Crippen molar-refractivity contribution in [3.63, 3.8) is 0 Å². The first-order valence-corrected chi connectivity index (χ1v) is 9.37. The summed E-state index contributed by atoms with van der Waals surface area (Å²) in [5, 5.41) is 7.51. The third kappa shape index (κ3) is 1.29. The molecule has 0 atom stereocenters. The SMILES string of the molecule is c1cc2c(s1)-c1ccc3c4c(ccc(c14)C2)-c1sccc1C3. The van der Waals surface area contributed by atoms with Crippen molar-refractivity contribution in [1.82, 2.24) is 0 Å². The van der Waals surface area contributed by atoms with E-state index in [4.69, 9.17) is 0 Å². The number of fused-ring (bicyclic) bond motifs is 4. The zero-order valence-electron chi connectivity index (χ0n) is 11.8. The van der Waals surface area contributed by atoms with E-state index in [0.717, 1.165) is 12.8 Å². The molecule has 22 heavy (non-hydrogen) atoms. The zero-order valence-corrected chi connectivity index (χ0v) is 13.5. The van der Waals surface area contributed by atoms with Crippen molar-refractivity contribution in [2.24, 2.45) is 0 Å². The monoisotopic (exact) mass is 316 g/mol. The van der Waals surface area contributed by atoms with Crippen molar-refractivity contribution in [2.75, 3.05) is 0 Å². The Morgan fingerprint density at radius 2 is 1.05 bits per heavy atom. The molecule has 0 bridgehead atoms. The largest absolute Gasteiger partial charge is 0.144 e. The van der Waals surface area contributed by atoms with Crippen molar-refractivity contribution in [1.29, 1.82) is 0 Å². The van der Waals surface area contributed by atoms with Gasteiger partial charge < -0.3 is 0 Å². The highest BCUT2D eigenvalue weighted by molar-refractivity contribution is 7.14. The van der Waals surface area contributed by atoms with Crippen molar-refractivity contribution in [3.05, 3.63) is 69.4 Å². The molecule has 2 heteroatoms. The minimum Gasteiger partial charge on any atom is -0.144 e. The molecule has 2 aliphatic rings. The second-order valence-corrected chi connectivity index (χ2v) is 8.03. The molecule has 0 nitrogen and oxygen atoms in total. The molecule has 104 valence electrons. The molecule has 0 fully saturated rings. The molecule has 4 aromatic rings. The molecule has 0 N–H and O–H groups in total. The predicted molar refractivity (Wildman–Crippen MR) is 96.2 cm³/mol. The Morgan fingerprint density at radius 1 is 0.545 bits per heavy atom. The Kier molecular flexibility index (Phi) is 2.06. The minimum atomic E-state index is 1.09. The van der Waals surface area contributed by atoms with Gasteiger partial charge in [0.1, 0.15) is 0 Å². The molecule has 2 aliphatic carbocycles. The molecule has 0 saturated carbocycles. The highest BCUT2D eigenvalue weighted by Gasteiger charge is 2.26. The van der Waals surface area contributed by atoms with E-state index >= 15 is 0 Å². The number of rotatable bonds is 0. The van der Waals surface area contributed by atoms with E-state index < -0.39 is 0 Å². The van der Waals surface area contributed by atoms with Crippen molar-refractivity contribution in [3.8, 4) is 20.9 Å². The van der Waals surface area contributed by atoms with Crippen LogP contribution >= 0.6 is 22.7 Å². The highest BCUT2D eigenvalue weighted by atomic mass is 32.1. The maximum atomic E-state index is 2.36. The minimum absolute atomic E-state index is 1.09. The van der Waals surface area contributed by atoms with Crippen LogP contribution in [-0.2, 0) is 12.8 Å². The Bertz CT molecular complexity index is 991. The van der Waals surface area contributed by atoms with E-state index in [9.17, 15) is 0 Å². The quantitative estimate of drug-likeness (QED) is 0.317. The Morgan fingerprint density at radius 3 is 1.55 bits per heavy atom. The van der Waals surface area contributed by atoms with Gasteiger partial charge in [-0.1, -0.05) is 24.3 Å². The molecule has 0 spiro atoms. The van der Waals surface area contributed by atoms with Gasteiger partial charge >= 0.3 is 0 Å². The summed E-state index contributed by atoms with van der Waals surface area (Å²) in [6.45, 7) is 0. The fourth-order valence-corrected chi connectivity index (χ4v) is 6.06. The first kappa shape index (κ1) is 11.6. The van der Waals surface area contributed by atoms with Gasteiger partial charge in [0.05, 0.1) is 0 Å². The van der Waals surface area contributed by atoms with Gasteiger partial charge in [-0.2, -0.15) is 0 Å². The van der Waals surface area contributed by atoms with Crippen LogP contribution in [0.2, 0.25) is 0 Å². The molecule has 2 aromatic carbocycles. The van der Waals surface area contributed by atoms with E-state index in [1.807, 2.05) is 22.7 Å². The number of benzene rings is 2. The molecule has 6 rings (SSSR count). The summed E-state index contributed by atoms with van der Waals surface area (Å²) in [5.74, 6) is 0.